The molecule has 0 radical (unpaired) electrons. The highest BCUT2D eigenvalue weighted by Crippen LogP contribution is 2.44. The SMILES string of the molecule is c1ccc(-c2cccc3c4ccccc4n(C4CCc5ccc(-n6c7ccccc7c7ccccc76)cc54)c23)cc1. The summed E-state index contributed by atoms with van der Waals surface area (Å²) in [5, 5.41) is 5.26. The van der Waals surface area contributed by atoms with E-state index in [1.165, 1.54) is 71.6 Å². The maximum atomic E-state index is 2.65. The van der Waals surface area contributed by atoms with E-state index in [1.807, 2.05) is 0 Å². The number of hydrogen-bond donors (Lipinski definition) is 0. The van der Waals surface area contributed by atoms with Crippen LogP contribution in [0.4, 0.5) is 0 Å². The predicted octanol–water partition coefficient (Wildman–Crippen LogP) is 10.1. The highest BCUT2D eigenvalue weighted by Gasteiger charge is 2.29. The lowest BCUT2D eigenvalue weighted by Crippen LogP contribution is -2.08. The van der Waals surface area contributed by atoms with Crippen LogP contribution < -0.4 is 0 Å². The van der Waals surface area contributed by atoms with Crippen molar-refractivity contribution < 1.29 is 0 Å². The van der Waals surface area contributed by atoms with Gasteiger partial charge < -0.3 is 9.13 Å². The summed E-state index contributed by atoms with van der Waals surface area (Å²) in [6.07, 6.45) is 2.19. The summed E-state index contributed by atoms with van der Waals surface area (Å²) in [7, 11) is 0. The largest absolute Gasteiger partial charge is 0.332 e. The summed E-state index contributed by atoms with van der Waals surface area (Å²) in [4.78, 5) is 0. The van der Waals surface area contributed by atoms with Crippen LogP contribution in [-0.2, 0) is 6.42 Å². The third-order valence-corrected chi connectivity index (χ3v) is 9.14. The van der Waals surface area contributed by atoms with Crippen molar-refractivity contribution in [1.82, 2.24) is 9.13 Å². The average Bonchev–Trinajstić information content (AvgIpc) is 3.71. The van der Waals surface area contributed by atoms with E-state index in [-0.39, 0.29) is 6.04 Å². The summed E-state index contributed by atoms with van der Waals surface area (Å²) in [5.74, 6) is 0. The van der Waals surface area contributed by atoms with E-state index in [0.717, 1.165) is 12.8 Å². The summed E-state index contributed by atoms with van der Waals surface area (Å²) in [5.41, 5.74) is 11.9. The molecule has 1 aliphatic carbocycles. The fraction of sp³-hybridized carbons (Fsp3) is 0.0769. The van der Waals surface area contributed by atoms with Crippen molar-refractivity contribution in [2.75, 3.05) is 0 Å². The minimum Gasteiger partial charge on any atom is -0.332 e. The Bertz CT molecular complexity index is 2210. The standard InChI is InChI=1S/C39H28N2/c1-2-11-26(12-3-1)29-16-10-17-33-32-15-6-9-20-37(32)41(39(29)33)38-24-22-27-21-23-28(25-34(27)38)40-35-18-7-4-13-30(35)31-14-5-8-19-36(31)40/h1-21,23,25,38H,22,24H2. The molecule has 41 heavy (non-hydrogen) atoms. The van der Waals surface area contributed by atoms with Crippen molar-refractivity contribution in [3.63, 3.8) is 0 Å². The maximum Gasteiger partial charge on any atom is 0.0598 e. The van der Waals surface area contributed by atoms with Gasteiger partial charge in [-0.15, -0.1) is 0 Å². The minimum atomic E-state index is 0.269. The van der Waals surface area contributed by atoms with E-state index in [4.69, 9.17) is 0 Å². The van der Waals surface area contributed by atoms with Crippen molar-refractivity contribution in [3.8, 4) is 16.8 Å². The molecule has 2 aromatic heterocycles. The van der Waals surface area contributed by atoms with Gasteiger partial charge in [0.05, 0.1) is 22.6 Å². The molecule has 0 aliphatic heterocycles. The van der Waals surface area contributed by atoms with E-state index in [0.29, 0.717) is 0 Å². The molecule has 0 saturated carbocycles. The van der Waals surface area contributed by atoms with Crippen LogP contribution in [0.1, 0.15) is 23.6 Å². The molecule has 0 bridgehead atoms. The molecule has 2 nitrogen and oxygen atoms in total. The first-order chi connectivity index (χ1) is 20.4. The number of aryl methyl sites for hydroxylation is 1. The summed E-state index contributed by atoms with van der Waals surface area (Å²) < 4.78 is 5.09. The normalized spacial score (nSPS) is 14.9. The summed E-state index contributed by atoms with van der Waals surface area (Å²) >= 11 is 0. The van der Waals surface area contributed by atoms with Crippen LogP contribution in [0.2, 0.25) is 0 Å². The van der Waals surface area contributed by atoms with Crippen molar-refractivity contribution in [3.05, 3.63) is 151 Å². The van der Waals surface area contributed by atoms with E-state index < -0.39 is 0 Å². The lowest BCUT2D eigenvalue weighted by atomic mass is 10.0. The van der Waals surface area contributed by atoms with Crippen LogP contribution in [0.15, 0.2) is 140 Å². The molecule has 6 aromatic carbocycles. The van der Waals surface area contributed by atoms with Gasteiger partial charge in [0.2, 0.25) is 0 Å². The van der Waals surface area contributed by atoms with Crippen LogP contribution in [0.5, 0.6) is 0 Å². The molecule has 1 aliphatic rings. The molecular weight excluding hydrogens is 496 g/mol. The highest BCUT2D eigenvalue weighted by molar-refractivity contribution is 6.13. The topological polar surface area (TPSA) is 9.86 Å². The maximum absolute atomic E-state index is 2.65. The smallest absolute Gasteiger partial charge is 0.0598 e. The summed E-state index contributed by atoms with van der Waals surface area (Å²) in [6, 6.07) is 51.6. The van der Waals surface area contributed by atoms with Crippen molar-refractivity contribution in [2.24, 2.45) is 0 Å². The van der Waals surface area contributed by atoms with Crippen molar-refractivity contribution in [1.29, 1.82) is 0 Å². The van der Waals surface area contributed by atoms with E-state index in [9.17, 15) is 0 Å². The van der Waals surface area contributed by atoms with Gasteiger partial charge in [-0.1, -0.05) is 109 Å². The molecule has 2 heterocycles. The zero-order valence-electron chi connectivity index (χ0n) is 22.7. The van der Waals surface area contributed by atoms with Gasteiger partial charge in [-0.3, -0.25) is 0 Å². The number of aromatic nitrogens is 2. The second kappa shape index (κ2) is 8.71. The van der Waals surface area contributed by atoms with Gasteiger partial charge in [0, 0.05) is 38.3 Å². The lowest BCUT2D eigenvalue weighted by Gasteiger charge is -2.20. The highest BCUT2D eigenvalue weighted by atomic mass is 15.0. The molecule has 0 spiro atoms. The minimum absolute atomic E-state index is 0.269. The Morgan fingerprint density at radius 3 is 1.85 bits per heavy atom. The predicted molar refractivity (Wildman–Crippen MR) is 172 cm³/mol. The van der Waals surface area contributed by atoms with E-state index in [1.54, 1.807) is 0 Å². The molecule has 0 N–H and O–H groups in total. The first-order valence-electron chi connectivity index (χ1n) is 14.6. The van der Waals surface area contributed by atoms with Gasteiger partial charge in [0.25, 0.3) is 0 Å². The molecule has 0 saturated heterocycles. The number of benzene rings is 6. The Labute approximate surface area is 238 Å². The van der Waals surface area contributed by atoms with E-state index in [2.05, 4.69) is 149 Å². The first-order valence-corrected chi connectivity index (χ1v) is 14.6. The van der Waals surface area contributed by atoms with Crippen LogP contribution in [-0.4, -0.2) is 9.13 Å². The van der Waals surface area contributed by atoms with Crippen molar-refractivity contribution in [2.45, 2.75) is 18.9 Å². The number of hydrogen-bond acceptors (Lipinski definition) is 0. The zero-order chi connectivity index (χ0) is 26.9. The Morgan fingerprint density at radius 2 is 1.12 bits per heavy atom. The van der Waals surface area contributed by atoms with Gasteiger partial charge in [0.1, 0.15) is 0 Å². The van der Waals surface area contributed by atoms with Gasteiger partial charge in [-0.05, 0) is 59.9 Å². The second-order valence-electron chi connectivity index (χ2n) is 11.3. The molecule has 2 heteroatoms. The average molecular weight is 525 g/mol. The van der Waals surface area contributed by atoms with Crippen LogP contribution >= 0.6 is 0 Å². The van der Waals surface area contributed by atoms with Crippen LogP contribution in [0.3, 0.4) is 0 Å². The van der Waals surface area contributed by atoms with Gasteiger partial charge in [-0.2, -0.15) is 0 Å². The second-order valence-corrected chi connectivity index (χ2v) is 11.3. The molecule has 9 rings (SSSR count). The molecule has 0 fully saturated rings. The fourth-order valence-electron chi connectivity index (χ4n) is 7.40. The number of nitrogens with zero attached hydrogens (tertiary/aromatic N) is 2. The fourth-order valence-corrected chi connectivity index (χ4v) is 7.40. The molecule has 1 atom stereocenters. The Kier molecular flexibility index (Phi) is 4.82. The third kappa shape index (κ3) is 3.25. The van der Waals surface area contributed by atoms with Gasteiger partial charge in [0.15, 0.2) is 0 Å². The lowest BCUT2D eigenvalue weighted by molar-refractivity contribution is 0.615. The van der Waals surface area contributed by atoms with E-state index >= 15 is 0 Å². The molecule has 8 aromatic rings. The molecular formula is C39H28N2. The van der Waals surface area contributed by atoms with Crippen LogP contribution in [0, 0.1) is 0 Å². The van der Waals surface area contributed by atoms with Gasteiger partial charge >= 0.3 is 0 Å². The Balaban J connectivity index is 1.31. The number of para-hydroxylation sites is 4. The number of rotatable bonds is 3. The van der Waals surface area contributed by atoms with Crippen LogP contribution in [0.25, 0.3) is 60.4 Å². The summed E-state index contributed by atoms with van der Waals surface area (Å²) in [6.45, 7) is 0. The first kappa shape index (κ1) is 22.7. The monoisotopic (exact) mass is 524 g/mol. The number of fused-ring (bicyclic) bond motifs is 7. The molecule has 1 unspecified atom stereocenters. The van der Waals surface area contributed by atoms with Crippen molar-refractivity contribution >= 4 is 43.6 Å². The quantitative estimate of drug-likeness (QED) is 0.218. The Hall–Kier alpha value is -5.08. The third-order valence-electron chi connectivity index (χ3n) is 9.14. The molecule has 194 valence electrons. The van der Waals surface area contributed by atoms with Gasteiger partial charge in [-0.25, -0.2) is 0 Å². The zero-order valence-corrected chi connectivity index (χ0v) is 22.7. The molecule has 0 amide bonds. The Morgan fingerprint density at radius 1 is 0.512 bits per heavy atom.